The molecule has 0 bridgehead atoms. The molecule has 0 atom stereocenters. The lowest BCUT2D eigenvalue weighted by Gasteiger charge is -2.09. The second-order valence-electron chi connectivity index (χ2n) is 9.63. The van der Waals surface area contributed by atoms with Crippen LogP contribution in [-0.2, 0) is 0 Å². The van der Waals surface area contributed by atoms with Crippen LogP contribution in [0.15, 0.2) is 128 Å². The van der Waals surface area contributed by atoms with E-state index in [1.807, 2.05) is 60.7 Å². The topological polar surface area (TPSA) is 56.0 Å². The lowest BCUT2D eigenvalue weighted by atomic mass is 10.1. The van der Waals surface area contributed by atoms with Gasteiger partial charge in [0, 0.05) is 33.0 Å². The highest BCUT2D eigenvalue weighted by Crippen LogP contribution is 2.35. The van der Waals surface area contributed by atoms with Gasteiger partial charge in [0.2, 0.25) is 0 Å². The third-order valence-electron chi connectivity index (χ3n) is 7.10. The number of imidazole rings is 1. The summed E-state index contributed by atoms with van der Waals surface area (Å²) in [6.45, 7) is 0. The maximum absolute atomic E-state index is 4.91. The number of hydrogen-bond acceptors (Lipinski definition) is 5. The summed E-state index contributed by atoms with van der Waals surface area (Å²) in [7, 11) is 0. The van der Waals surface area contributed by atoms with Crippen molar-refractivity contribution in [3.63, 3.8) is 0 Å². The highest BCUT2D eigenvalue weighted by atomic mass is 32.1. The zero-order valence-corrected chi connectivity index (χ0v) is 22.1. The van der Waals surface area contributed by atoms with Gasteiger partial charge in [-0.15, -0.1) is 11.3 Å². The van der Waals surface area contributed by atoms with Crippen LogP contribution < -0.4 is 0 Å². The molecule has 0 amide bonds. The number of thiophene rings is 1. The van der Waals surface area contributed by atoms with Crippen molar-refractivity contribution in [3.05, 3.63) is 128 Å². The molecule has 0 spiro atoms. The maximum atomic E-state index is 4.91. The van der Waals surface area contributed by atoms with Crippen LogP contribution >= 0.6 is 11.3 Å². The van der Waals surface area contributed by atoms with Crippen molar-refractivity contribution in [2.45, 2.75) is 0 Å². The Morgan fingerprint density at radius 2 is 0.975 bits per heavy atom. The molecule has 0 radical (unpaired) electrons. The van der Waals surface area contributed by atoms with E-state index in [0.29, 0.717) is 17.5 Å². The Balaban J connectivity index is 1.20. The molecule has 8 rings (SSSR count). The van der Waals surface area contributed by atoms with E-state index in [9.17, 15) is 0 Å². The molecule has 0 aliphatic carbocycles. The molecule has 0 saturated carbocycles. The summed E-state index contributed by atoms with van der Waals surface area (Å²) in [6.07, 6.45) is 2.18. The number of nitrogens with zero attached hydrogens (tertiary/aromatic N) is 5. The molecule has 6 heteroatoms. The van der Waals surface area contributed by atoms with Crippen molar-refractivity contribution >= 4 is 37.4 Å². The highest BCUT2D eigenvalue weighted by molar-refractivity contribution is 7.25. The van der Waals surface area contributed by atoms with Crippen LogP contribution in [0.2, 0.25) is 0 Å². The van der Waals surface area contributed by atoms with Crippen LogP contribution in [0.3, 0.4) is 0 Å². The molecule has 0 aliphatic rings. The Bertz CT molecular complexity index is 2090. The quantitative estimate of drug-likeness (QED) is 0.228. The van der Waals surface area contributed by atoms with Gasteiger partial charge in [0.1, 0.15) is 16.0 Å². The Hall–Kier alpha value is -5.20. The van der Waals surface area contributed by atoms with Gasteiger partial charge in [-0.2, -0.15) is 0 Å². The van der Waals surface area contributed by atoms with E-state index in [-0.39, 0.29) is 0 Å². The number of benzene rings is 4. The molecule has 0 saturated heterocycles. The van der Waals surface area contributed by atoms with Gasteiger partial charge in [-0.1, -0.05) is 103 Å². The number of aromatic nitrogens is 5. The van der Waals surface area contributed by atoms with Crippen LogP contribution in [0, 0.1) is 0 Å². The molecule has 188 valence electrons. The zero-order chi connectivity index (χ0) is 26.5. The average Bonchev–Trinajstić information content (AvgIpc) is 3.58. The largest absolute Gasteiger partial charge is 0.290 e. The predicted molar refractivity (Wildman–Crippen MR) is 163 cm³/mol. The van der Waals surface area contributed by atoms with Crippen molar-refractivity contribution in [1.82, 2.24) is 24.3 Å². The van der Waals surface area contributed by atoms with Gasteiger partial charge in [-0.25, -0.2) is 19.9 Å². The minimum atomic E-state index is 0.649. The van der Waals surface area contributed by atoms with Crippen LogP contribution in [0.1, 0.15) is 0 Å². The Kier molecular flexibility index (Phi) is 5.24. The van der Waals surface area contributed by atoms with Crippen molar-refractivity contribution in [3.8, 4) is 45.3 Å². The van der Waals surface area contributed by atoms with E-state index in [1.165, 1.54) is 14.9 Å². The van der Waals surface area contributed by atoms with Crippen molar-refractivity contribution in [1.29, 1.82) is 0 Å². The van der Waals surface area contributed by atoms with Crippen LogP contribution in [0.5, 0.6) is 0 Å². The third-order valence-corrected chi connectivity index (χ3v) is 8.26. The van der Waals surface area contributed by atoms with Crippen LogP contribution in [0.25, 0.3) is 71.4 Å². The molecule has 5 nitrogen and oxygen atoms in total. The fourth-order valence-corrected chi connectivity index (χ4v) is 6.20. The Morgan fingerprint density at radius 3 is 1.62 bits per heavy atom. The van der Waals surface area contributed by atoms with Gasteiger partial charge >= 0.3 is 0 Å². The summed E-state index contributed by atoms with van der Waals surface area (Å²) in [5, 5.41) is 1.21. The first-order valence-electron chi connectivity index (χ1n) is 13.1. The Labute approximate surface area is 234 Å². The van der Waals surface area contributed by atoms with Crippen molar-refractivity contribution in [2.24, 2.45) is 0 Å². The van der Waals surface area contributed by atoms with E-state index in [0.717, 1.165) is 39.0 Å². The standard InChI is InChI=1S/C34H21N5S/c1-3-9-23(10-4-1)31-36-32(24-11-5-2-6-12-24)38-33(37-31)25-17-15-22(16-18-25)26-19-20-29-35-30-27-13-7-8-14-28(27)40-34(30)39(29)21-26/h1-21H. The van der Waals surface area contributed by atoms with Crippen LogP contribution in [0.4, 0.5) is 0 Å². The minimum absolute atomic E-state index is 0.649. The summed E-state index contributed by atoms with van der Waals surface area (Å²) in [5.41, 5.74) is 7.12. The molecule has 40 heavy (non-hydrogen) atoms. The normalized spacial score (nSPS) is 11.5. The molecule has 8 aromatic rings. The van der Waals surface area contributed by atoms with Gasteiger partial charge in [0.15, 0.2) is 17.5 Å². The number of fused-ring (bicyclic) bond motifs is 5. The summed E-state index contributed by atoms with van der Waals surface area (Å²) < 4.78 is 3.46. The summed E-state index contributed by atoms with van der Waals surface area (Å²) >= 11 is 1.78. The zero-order valence-electron chi connectivity index (χ0n) is 21.3. The van der Waals surface area contributed by atoms with Gasteiger partial charge in [-0.05, 0) is 29.3 Å². The first-order valence-corrected chi connectivity index (χ1v) is 13.9. The van der Waals surface area contributed by atoms with E-state index >= 15 is 0 Å². The number of rotatable bonds is 4. The van der Waals surface area contributed by atoms with E-state index < -0.39 is 0 Å². The smallest absolute Gasteiger partial charge is 0.164 e. The second kappa shape index (κ2) is 9.22. The monoisotopic (exact) mass is 531 g/mol. The minimum Gasteiger partial charge on any atom is -0.290 e. The summed E-state index contributed by atoms with van der Waals surface area (Å²) in [6, 6.07) is 41.2. The molecule has 4 aromatic carbocycles. The predicted octanol–water partition coefficient (Wildman–Crippen LogP) is 8.56. The molecular formula is C34H21N5S. The van der Waals surface area contributed by atoms with Gasteiger partial charge < -0.3 is 0 Å². The Morgan fingerprint density at radius 1 is 0.450 bits per heavy atom. The fourth-order valence-electron chi connectivity index (χ4n) is 5.07. The number of hydrogen-bond donors (Lipinski definition) is 0. The van der Waals surface area contributed by atoms with Crippen LogP contribution in [-0.4, -0.2) is 24.3 Å². The fraction of sp³-hybridized carbons (Fsp3) is 0. The lowest BCUT2D eigenvalue weighted by Crippen LogP contribution is -2.00. The third kappa shape index (κ3) is 3.85. The van der Waals surface area contributed by atoms with Crippen molar-refractivity contribution < 1.29 is 0 Å². The van der Waals surface area contributed by atoms with Gasteiger partial charge in [0.05, 0.1) is 0 Å². The first kappa shape index (κ1) is 22.8. The molecular weight excluding hydrogens is 510 g/mol. The van der Waals surface area contributed by atoms with E-state index in [1.54, 1.807) is 11.3 Å². The molecule has 4 heterocycles. The van der Waals surface area contributed by atoms with Gasteiger partial charge in [0.25, 0.3) is 0 Å². The molecule has 0 unspecified atom stereocenters. The number of pyridine rings is 1. The lowest BCUT2D eigenvalue weighted by molar-refractivity contribution is 1.07. The molecule has 4 aromatic heterocycles. The summed E-state index contributed by atoms with van der Waals surface area (Å²) in [5.74, 6) is 1.97. The highest BCUT2D eigenvalue weighted by Gasteiger charge is 2.14. The van der Waals surface area contributed by atoms with E-state index in [2.05, 4.69) is 71.3 Å². The van der Waals surface area contributed by atoms with E-state index in [4.69, 9.17) is 19.9 Å². The van der Waals surface area contributed by atoms with Crippen molar-refractivity contribution in [2.75, 3.05) is 0 Å². The maximum Gasteiger partial charge on any atom is 0.164 e. The summed E-state index contributed by atoms with van der Waals surface area (Å²) in [4.78, 5) is 20.6. The first-order chi connectivity index (χ1) is 19.8. The SMILES string of the molecule is c1ccc(-c2nc(-c3ccccc3)nc(-c3ccc(-c4ccc5nc6c7ccccc7sc6n5c4)cc3)n2)cc1. The van der Waals surface area contributed by atoms with Gasteiger partial charge in [-0.3, -0.25) is 4.40 Å². The molecule has 0 aliphatic heterocycles. The second-order valence-corrected chi connectivity index (χ2v) is 10.7. The molecule has 0 N–H and O–H groups in total. The average molecular weight is 532 g/mol. The molecule has 0 fully saturated rings.